The van der Waals surface area contributed by atoms with Gasteiger partial charge in [0.05, 0.1) is 12.0 Å². The summed E-state index contributed by atoms with van der Waals surface area (Å²) in [5.74, 6) is -0.862. The molecular weight excluding hydrogens is 256 g/mol. The van der Waals surface area contributed by atoms with Crippen molar-refractivity contribution >= 4 is 12.0 Å². The number of hydrogen-bond donors (Lipinski definition) is 3. The van der Waals surface area contributed by atoms with E-state index in [1.165, 1.54) is 0 Å². The summed E-state index contributed by atoms with van der Waals surface area (Å²) < 4.78 is 0. The van der Waals surface area contributed by atoms with E-state index >= 15 is 0 Å². The minimum Gasteiger partial charge on any atom is -0.481 e. The maximum Gasteiger partial charge on any atom is 0.315 e. The lowest BCUT2D eigenvalue weighted by Crippen LogP contribution is -2.60. The number of hydrogen-bond acceptors (Lipinski definition) is 2. The smallest absolute Gasteiger partial charge is 0.315 e. The average molecular weight is 284 g/mol. The highest BCUT2D eigenvalue weighted by Gasteiger charge is 2.41. The van der Waals surface area contributed by atoms with Gasteiger partial charge in [-0.3, -0.25) is 4.79 Å². The molecule has 0 aromatic heterocycles. The second-order valence-corrected chi connectivity index (χ2v) is 7.90. The first-order chi connectivity index (χ1) is 8.93. The van der Waals surface area contributed by atoms with E-state index < -0.39 is 11.5 Å². The molecule has 5 nitrogen and oxygen atoms in total. The molecule has 1 rings (SSSR count). The first-order valence-electron chi connectivity index (χ1n) is 7.25. The van der Waals surface area contributed by atoms with Crippen LogP contribution in [0.3, 0.4) is 0 Å². The van der Waals surface area contributed by atoms with Crippen LogP contribution in [0.15, 0.2) is 0 Å². The third-order valence-electron chi connectivity index (χ3n) is 3.60. The van der Waals surface area contributed by atoms with Crippen molar-refractivity contribution in [2.45, 2.75) is 77.8 Å². The lowest BCUT2D eigenvalue weighted by atomic mass is 9.74. The van der Waals surface area contributed by atoms with Crippen LogP contribution in [0, 0.1) is 5.41 Å². The summed E-state index contributed by atoms with van der Waals surface area (Å²) in [6, 6.07) is -0.264. The Balaban J connectivity index is 2.56. The van der Waals surface area contributed by atoms with Gasteiger partial charge in [-0.05, 0) is 44.9 Å². The van der Waals surface area contributed by atoms with Crippen LogP contribution in [0.25, 0.3) is 0 Å². The highest BCUT2D eigenvalue weighted by molar-refractivity contribution is 5.77. The van der Waals surface area contributed by atoms with E-state index in [-0.39, 0.29) is 23.4 Å². The van der Waals surface area contributed by atoms with Crippen molar-refractivity contribution in [2.75, 3.05) is 0 Å². The molecule has 5 heteroatoms. The van der Waals surface area contributed by atoms with Crippen LogP contribution >= 0.6 is 0 Å². The number of carboxylic acids is 1. The minimum atomic E-state index is -0.862. The Morgan fingerprint density at radius 1 is 1.15 bits per heavy atom. The molecule has 0 saturated heterocycles. The summed E-state index contributed by atoms with van der Waals surface area (Å²) >= 11 is 0. The molecule has 0 aromatic rings. The van der Waals surface area contributed by atoms with Crippen molar-refractivity contribution in [3.63, 3.8) is 0 Å². The Morgan fingerprint density at radius 3 is 2.05 bits per heavy atom. The van der Waals surface area contributed by atoms with E-state index in [2.05, 4.69) is 31.4 Å². The van der Waals surface area contributed by atoms with Crippen molar-refractivity contribution in [3.05, 3.63) is 0 Å². The van der Waals surface area contributed by atoms with E-state index in [4.69, 9.17) is 5.11 Å². The third-order valence-corrected chi connectivity index (χ3v) is 3.60. The molecule has 0 heterocycles. The van der Waals surface area contributed by atoms with Gasteiger partial charge in [-0.1, -0.05) is 20.8 Å². The van der Waals surface area contributed by atoms with Crippen LogP contribution in [0.5, 0.6) is 0 Å². The van der Waals surface area contributed by atoms with Gasteiger partial charge in [0, 0.05) is 5.54 Å². The predicted octanol–water partition coefficient (Wildman–Crippen LogP) is 2.90. The second kappa shape index (κ2) is 5.62. The molecule has 0 atom stereocenters. The predicted molar refractivity (Wildman–Crippen MR) is 78.7 cm³/mol. The Hall–Kier alpha value is -1.26. The van der Waals surface area contributed by atoms with Gasteiger partial charge >= 0.3 is 12.0 Å². The average Bonchev–Trinajstić information content (AvgIpc) is 2.07. The molecule has 1 aliphatic carbocycles. The normalized spacial score (nSPS) is 18.1. The molecule has 2 amide bonds. The number of nitrogens with one attached hydrogen (secondary N) is 2. The standard InChI is InChI=1S/C15H28N2O3/c1-13(2,3)10-14(4,5)16-12(20)17-15(7-6-8-15)9-11(18)19/h6-10H2,1-5H3,(H,18,19)(H2,16,17,20). The zero-order chi connectivity index (χ0) is 15.6. The molecule has 0 aromatic carbocycles. The van der Waals surface area contributed by atoms with Crippen molar-refractivity contribution < 1.29 is 14.7 Å². The summed E-state index contributed by atoms with van der Waals surface area (Å²) in [5, 5.41) is 14.8. The van der Waals surface area contributed by atoms with Crippen molar-refractivity contribution in [3.8, 4) is 0 Å². The fourth-order valence-electron chi connectivity index (χ4n) is 3.19. The molecule has 3 N–H and O–H groups in total. The van der Waals surface area contributed by atoms with Gasteiger partial charge in [-0.15, -0.1) is 0 Å². The lowest BCUT2D eigenvalue weighted by molar-refractivity contribution is -0.139. The Labute approximate surface area is 121 Å². The number of urea groups is 1. The zero-order valence-corrected chi connectivity index (χ0v) is 13.3. The first kappa shape index (κ1) is 16.8. The number of carbonyl (C=O) groups excluding carboxylic acids is 1. The van der Waals surface area contributed by atoms with Crippen LogP contribution in [0.4, 0.5) is 4.79 Å². The molecule has 1 aliphatic rings. The Bertz CT molecular complexity index is 379. The van der Waals surface area contributed by atoms with Gasteiger partial charge in [0.1, 0.15) is 0 Å². The van der Waals surface area contributed by atoms with Crippen molar-refractivity contribution in [2.24, 2.45) is 5.41 Å². The first-order valence-corrected chi connectivity index (χ1v) is 7.25. The van der Waals surface area contributed by atoms with E-state index in [0.717, 1.165) is 25.7 Å². The Kier molecular flexibility index (Phi) is 4.72. The maximum atomic E-state index is 12.1. The molecule has 1 fully saturated rings. The summed E-state index contributed by atoms with van der Waals surface area (Å²) in [7, 11) is 0. The molecule has 0 aliphatic heterocycles. The largest absolute Gasteiger partial charge is 0.481 e. The summed E-state index contributed by atoms with van der Waals surface area (Å²) in [6.45, 7) is 10.4. The van der Waals surface area contributed by atoms with Gasteiger partial charge in [-0.2, -0.15) is 0 Å². The molecule has 116 valence electrons. The van der Waals surface area contributed by atoms with Crippen LogP contribution in [0.2, 0.25) is 0 Å². The van der Waals surface area contributed by atoms with Gasteiger partial charge in [0.25, 0.3) is 0 Å². The quantitative estimate of drug-likeness (QED) is 0.726. The van der Waals surface area contributed by atoms with Crippen molar-refractivity contribution in [1.29, 1.82) is 0 Å². The topological polar surface area (TPSA) is 78.4 Å². The van der Waals surface area contributed by atoms with Crippen molar-refractivity contribution in [1.82, 2.24) is 10.6 Å². The molecule has 0 spiro atoms. The van der Waals surface area contributed by atoms with Gasteiger partial charge in [0.15, 0.2) is 0 Å². The van der Waals surface area contributed by atoms with E-state index in [1.54, 1.807) is 0 Å². The zero-order valence-electron chi connectivity index (χ0n) is 13.3. The second-order valence-electron chi connectivity index (χ2n) is 7.90. The van der Waals surface area contributed by atoms with E-state index in [0.29, 0.717) is 0 Å². The monoisotopic (exact) mass is 284 g/mol. The number of carbonyl (C=O) groups is 2. The number of aliphatic carboxylic acids is 1. The maximum absolute atomic E-state index is 12.1. The SMILES string of the molecule is CC(C)(C)CC(C)(C)NC(=O)NC1(CC(=O)O)CCC1. The summed E-state index contributed by atoms with van der Waals surface area (Å²) in [6.07, 6.45) is 3.30. The molecule has 1 saturated carbocycles. The molecule has 0 bridgehead atoms. The van der Waals surface area contributed by atoms with E-state index in [1.807, 2.05) is 13.8 Å². The number of carboxylic acid groups (broad SMARTS) is 1. The van der Waals surface area contributed by atoms with E-state index in [9.17, 15) is 9.59 Å². The van der Waals surface area contributed by atoms with Crippen LogP contribution in [-0.2, 0) is 4.79 Å². The summed E-state index contributed by atoms with van der Waals surface area (Å²) in [4.78, 5) is 23.0. The van der Waals surface area contributed by atoms with Crippen LogP contribution in [0.1, 0.15) is 66.7 Å². The summed E-state index contributed by atoms with van der Waals surface area (Å²) in [5.41, 5.74) is -0.754. The Morgan fingerprint density at radius 2 is 1.70 bits per heavy atom. The molecular formula is C15H28N2O3. The fourth-order valence-corrected chi connectivity index (χ4v) is 3.19. The van der Waals surface area contributed by atoms with Gasteiger partial charge < -0.3 is 15.7 Å². The van der Waals surface area contributed by atoms with Gasteiger partial charge in [0.2, 0.25) is 0 Å². The minimum absolute atomic E-state index is 0.000118. The van der Waals surface area contributed by atoms with Crippen LogP contribution < -0.4 is 10.6 Å². The fraction of sp³-hybridized carbons (Fsp3) is 0.867. The van der Waals surface area contributed by atoms with Crippen LogP contribution in [-0.4, -0.2) is 28.2 Å². The third kappa shape index (κ3) is 5.39. The lowest BCUT2D eigenvalue weighted by Gasteiger charge is -2.42. The molecule has 20 heavy (non-hydrogen) atoms. The van der Waals surface area contributed by atoms with Gasteiger partial charge in [-0.25, -0.2) is 4.79 Å². The highest BCUT2D eigenvalue weighted by Crippen LogP contribution is 2.35. The number of rotatable bonds is 5. The molecule has 0 unspecified atom stereocenters. The highest BCUT2D eigenvalue weighted by atomic mass is 16.4. The number of amides is 2. The molecule has 0 radical (unpaired) electrons.